The molecule has 5 heteroatoms. The van der Waals surface area contributed by atoms with Gasteiger partial charge < -0.3 is 10.3 Å². The van der Waals surface area contributed by atoms with Crippen LogP contribution in [-0.2, 0) is 6.54 Å². The summed E-state index contributed by atoms with van der Waals surface area (Å²) in [5, 5.41) is 4.45. The molecule has 2 rings (SSSR count). The molecule has 0 unspecified atom stereocenters. The number of hydrogen-bond donors (Lipinski definition) is 2. The Morgan fingerprint density at radius 3 is 2.95 bits per heavy atom. The van der Waals surface area contributed by atoms with Crippen LogP contribution in [0.15, 0.2) is 23.0 Å². The average molecular weight is 294 g/mol. The van der Waals surface area contributed by atoms with Gasteiger partial charge in [0.05, 0.1) is 17.4 Å². The highest BCUT2D eigenvalue weighted by atomic mass is 35.5. The summed E-state index contributed by atoms with van der Waals surface area (Å²) in [4.78, 5) is 19.1. The van der Waals surface area contributed by atoms with Gasteiger partial charge in [-0.1, -0.05) is 25.4 Å². The lowest BCUT2D eigenvalue weighted by molar-refractivity contribution is 0.524. The summed E-state index contributed by atoms with van der Waals surface area (Å²) in [6.45, 7) is 5.92. The van der Waals surface area contributed by atoms with Gasteiger partial charge in [-0.15, -0.1) is 0 Å². The lowest BCUT2D eigenvalue weighted by Gasteiger charge is -2.07. The van der Waals surface area contributed by atoms with Crippen molar-refractivity contribution in [1.29, 1.82) is 0 Å². The zero-order valence-corrected chi connectivity index (χ0v) is 12.6. The molecule has 0 fully saturated rings. The minimum atomic E-state index is -0.120. The Bertz CT molecular complexity index is 637. The van der Waals surface area contributed by atoms with Crippen LogP contribution >= 0.6 is 11.6 Å². The molecule has 0 saturated heterocycles. The van der Waals surface area contributed by atoms with Crippen LogP contribution in [0.4, 0.5) is 0 Å². The van der Waals surface area contributed by atoms with Crippen molar-refractivity contribution in [2.45, 2.75) is 33.2 Å². The zero-order valence-electron chi connectivity index (χ0n) is 11.9. The first-order valence-electron chi connectivity index (χ1n) is 6.95. The normalized spacial score (nSPS) is 11.4. The van der Waals surface area contributed by atoms with E-state index in [0.29, 0.717) is 28.3 Å². The van der Waals surface area contributed by atoms with Crippen LogP contribution in [-0.4, -0.2) is 16.5 Å². The summed E-state index contributed by atoms with van der Waals surface area (Å²) in [5.41, 5.74) is 0.519. The van der Waals surface area contributed by atoms with Crippen molar-refractivity contribution in [1.82, 2.24) is 15.3 Å². The van der Waals surface area contributed by atoms with Gasteiger partial charge in [0.15, 0.2) is 0 Å². The highest BCUT2D eigenvalue weighted by Gasteiger charge is 2.04. The Morgan fingerprint density at radius 2 is 2.20 bits per heavy atom. The van der Waals surface area contributed by atoms with E-state index in [4.69, 9.17) is 11.6 Å². The van der Waals surface area contributed by atoms with Gasteiger partial charge in [0.25, 0.3) is 5.56 Å². The fraction of sp³-hybridized carbons (Fsp3) is 0.467. The van der Waals surface area contributed by atoms with Crippen LogP contribution in [0.25, 0.3) is 10.9 Å². The molecule has 1 aromatic heterocycles. The number of H-pyrrole nitrogens is 1. The molecular weight excluding hydrogens is 274 g/mol. The monoisotopic (exact) mass is 293 g/mol. The fourth-order valence-corrected chi connectivity index (χ4v) is 2.25. The molecule has 2 aromatic rings. The number of aromatic nitrogens is 2. The first-order chi connectivity index (χ1) is 9.56. The van der Waals surface area contributed by atoms with E-state index in [1.165, 1.54) is 6.42 Å². The fourth-order valence-electron chi connectivity index (χ4n) is 2.09. The zero-order chi connectivity index (χ0) is 14.5. The predicted molar refractivity (Wildman–Crippen MR) is 83.2 cm³/mol. The van der Waals surface area contributed by atoms with Crippen molar-refractivity contribution < 1.29 is 0 Å². The molecule has 0 aliphatic carbocycles. The van der Waals surface area contributed by atoms with E-state index < -0.39 is 0 Å². The van der Waals surface area contributed by atoms with Gasteiger partial charge in [-0.05, 0) is 43.5 Å². The highest BCUT2D eigenvalue weighted by Crippen LogP contribution is 2.14. The SMILES string of the molecule is CC(C)CCCNCc1nc2cc(Cl)ccc2c(=O)[nH]1. The number of hydrogen-bond acceptors (Lipinski definition) is 3. The van der Waals surface area contributed by atoms with Gasteiger partial charge in [-0.3, -0.25) is 4.79 Å². The standard InChI is InChI=1S/C15H20ClN3O/c1-10(2)4-3-7-17-9-14-18-13-8-11(16)5-6-12(13)15(20)19-14/h5-6,8,10,17H,3-4,7,9H2,1-2H3,(H,18,19,20). The van der Waals surface area contributed by atoms with Crippen LogP contribution in [0.5, 0.6) is 0 Å². The van der Waals surface area contributed by atoms with Crippen molar-refractivity contribution in [3.8, 4) is 0 Å². The van der Waals surface area contributed by atoms with Crippen LogP contribution in [0.1, 0.15) is 32.5 Å². The van der Waals surface area contributed by atoms with Crippen molar-refractivity contribution >= 4 is 22.5 Å². The molecule has 0 spiro atoms. The van der Waals surface area contributed by atoms with E-state index >= 15 is 0 Å². The van der Waals surface area contributed by atoms with E-state index in [-0.39, 0.29) is 5.56 Å². The van der Waals surface area contributed by atoms with E-state index in [1.54, 1.807) is 18.2 Å². The van der Waals surface area contributed by atoms with Gasteiger partial charge >= 0.3 is 0 Å². The second-order valence-corrected chi connectivity index (χ2v) is 5.82. The molecule has 20 heavy (non-hydrogen) atoms. The number of rotatable bonds is 6. The number of fused-ring (bicyclic) bond motifs is 1. The number of nitrogens with one attached hydrogen (secondary N) is 2. The molecule has 0 bridgehead atoms. The number of halogens is 1. The first-order valence-corrected chi connectivity index (χ1v) is 7.33. The Hall–Kier alpha value is -1.39. The highest BCUT2D eigenvalue weighted by molar-refractivity contribution is 6.31. The van der Waals surface area contributed by atoms with Gasteiger partial charge in [-0.25, -0.2) is 4.98 Å². The van der Waals surface area contributed by atoms with Crippen LogP contribution in [0.2, 0.25) is 5.02 Å². The summed E-state index contributed by atoms with van der Waals surface area (Å²) in [6.07, 6.45) is 2.32. The Labute approximate surface area is 123 Å². The van der Waals surface area contributed by atoms with Crippen LogP contribution < -0.4 is 10.9 Å². The summed E-state index contributed by atoms with van der Waals surface area (Å²) < 4.78 is 0. The Balaban J connectivity index is 2.02. The van der Waals surface area contributed by atoms with Crippen molar-refractivity contribution in [3.63, 3.8) is 0 Å². The molecule has 0 radical (unpaired) electrons. The maximum absolute atomic E-state index is 11.9. The Kier molecular flexibility index (Phi) is 5.15. The molecule has 1 heterocycles. The van der Waals surface area contributed by atoms with Crippen LogP contribution in [0, 0.1) is 5.92 Å². The quantitative estimate of drug-likeness (QED) is 0.805. The molecular formula is C15H20ClN3O. The topological polar surface area (TPSA) is 57.8 Å². The summed E-state index contributed by atoms with van der Waals surface area (Å²) in [7, 11) is 0. The van der Waals surface area contributed by atoms with E-state index in [0.717, 1.165) is 18.9 Å². The molecule has 0 saturated carbocycles. The number of nitrogens with zero attached hydrogens (tertiary/aromatic N) is 1. The number of aromatic amines is 1. The average Bonchev–Trinajstić information content (AvgIpc) is 2.37. The second-order valence-electron chi connectivity index (χ2n) is 5.39. The lowest BCUT2D eigenvalue weighted by atomic mass is 10.1. The molecule has 1 aromatic carbocycles. The lowest BCUT2D eigenvalue weighted by Crippen LogP contribution is -2.20. The van der Waals surface area contributed by atoms with E-state index in [9.17, 15) is 4.79 Å². The first kappa shape index (κ1) is 15.0. The van der Waals surface area contributed by atoms with Gasteiger partial charge in [0.2, 0.25) is 0 Å². The third-order valence-corrected chi connectivity index (χ3v) is 3.38. The minimum Gasteiger partial charge on any atom is -0.310 e. The molecule has 4 nitrogen and oxygen atoms in total. The van der Waals surface area contributed by atoms with E-state index in [1.807, 2.05) is 0 Å². The summed E-state index contributed by atoms with van der Waals surface area (Å²) in [6, 6.07) is 5.11. The smallest absolute Gasteiger partial charge is 0.258 e. The molecule has 0 atom stereocenters. The molecule has 108 valence electrons. The van der Waals surface area contributed by atoms with Gasteiger partial charge in [0.1, 0.15) is 5.82 Å². The molecule has 0 amide bonds. The van der Waals surface area contributed by atoms with Gasteiger partial charge in [0, 0.05) is 5.02 Å². The van der Waals surface area contributed by atoms with E-state index in [2.05, 4.69) is 29.1 Å². The Morgan fingerprint density at radius 1 is 1.40 bits per heavy atom. The summed E-state index contributed by atoms with van der Waals surface area (Å²) in [5.74, 6) is 1.37. The molecule has 0 aliphatic rings. The van der Waals surface area contributed by atoms with Crippen LogP contribution in [0.3, 0.4) is 0 Å². The third kappa shape index (κ3) is 4.05. The number of benzene rings is 1. The van der Waals surface area contributed by atoms with Gasteiger partial charge in [-0.2, -0.15) is 0 Å². The predicted octanol–water partition coefficient (Wildman–Crippen LogP) is 3.10. The van der Waals surface area contributed by atoms with Crippen molar-refractivity contribution in [2.24, 2.45) is 5.92 Å². The minimum absolute atomic E-state index is 0.120. The maximum atomic E-state index is 11.9. The molecule has 0 aliphatic heterocycles. The summed E-state index contributed by atoms with van der Waals surface area (Å²) >= 11 is 5.93. The second kappa shape index (κ2) is 6.86. The molecule has 2 N–H and O–H groups in total. The van der Waals surface area contributed by atoms with Crippen molar-refractivity contribution in [3.05, 3.63) is 39.4 Å². The van der Waals surface area contributed by atoms with Crippen molar-refractivity contribution in [2.75, 3.05) is 6.54 Å². The third-order valence-electron chi connectivity index (χ3n) is 3.15. The maximum Gasteiger partial charge on any atom is 0.258 e. The largest absolute Gasteiger partial charge is 0.310 e.